The Labute approximate surface area is 160 Å². The zero-order valence-corrected chi connectivity index (χ0v) is 15.3. The lowest BCUT2D eigenvalue weighted by atomic mass is 10.2. The van der Waals surface area contributed by atoms with Crippen LogP contribution in [0, 0.1) is 0 Å². The van der Waals surface area contributed by atoms with Crippen LogP contribution in [0.25, 0.3) is 17.5 Å². The van der Waals surface area contributed by atoms with E-state index in [0.29, 0.717) is 33.7 Å². The second-order valence-corrected chi connectivity index (χ2v) is 5.67. The fourth-order valence-electron chi connectivity index (χ4n) is 2.31. The van der Waals surface area contributed by atoms with Crippen LogP contribution in [0.5, 0.6) is 17.2 Å². The number of methoxy groups -OCH3 is 2. The zero-order valence-electron chi connectivity index (χ0n) is 14.5. The van der Waals surface area contributed by atoms with Gasteiger partial charge in [-0.25, -0.2) is 4.79 Å². The first-order valence-corrected chi connectivity index (χ1v) is 8.16. The van der Waals surface area contributed by atoms with E-state index in [0.717, 1.165) is 5.56 Å². The molecule has 0 unspecified atom stereocenters. The molecule has 0 aliphatic carbocycles. The quantitative estimate of drug-likeness (QED) is 0.359. The third-order valence-electron chi connectivity index (χ3n) is 3.55. The number of nitrogens with zero attached hydrogens (tertiary/aromatic N) is 2. The lowest BCUT2D eigenvalue weighted by molar-refractivity contribution is -0.128. The molecule has 0 bridgehead atoms. The highest BCUT2D eigenvalue weighted by molar-refractivity contribution is 6.32. The summed E-state index contributed by atoms with van der Waals surface area (Å²) in [6.45, 7) is 0. The van der Waals surface area contributed by atoms with E-state index in [1.807, 2.05) is 0 Å². The van der Waals surface area contributed by atoms with Crippen LogP contribution >= 0.6 is 11.6 Å². The summed E-state index contributed by atoms with van der Waals surface area (Å²) < 4.78 is 20.8. The van der Waals surface area contributed by atoms with Crippen LogP contribution in [0.4, 0.5) is 0 Å². The lowest BCUT2D eigenvalue weighted by Crippen LogP contribution is -2.03. The summed E-state index contributed by atoms with van der Waals surface area (Å²) in [6.07, 6.45) is 4.11. The van der Waals surface area contributed by atoms with Gasteiger partial charge in [-0.1, -0.05) is 11.6 Å². The van der Waals surface area contributed by atoms with Crippen LogP contribution in [-0.4, -0.2) is 30.4 Å². The Hall–Kier alpha value is -3.32. The van der Waals surface area contributed by atoms with Gasteiger partial charge in [-0.05, 0) is 48.0 Å². The van der Waals surface area contributed by atoms with Crippen LogP contribution in [0.3, 0.4) is 0 Å². The van der Waals surface area contributed by atoms with E-state index in [-0.39, 0.29) is 0 Å². The predicted octanol–water partition coefficient (Wildman–Crippen LogP) is 4.03. The maximum absolute atomic E-state index is 12.0. The van der Waals surface area contributed by atoms with E-state index in [2.05, 4.69) is 10.2 Å². The van der Waals surface area contributed by atoms with Crippen LogP contribution < -0.4 is 14.2 Å². The summed E-state index contributed by atoms with van der Waals surface area (Å²) in [4.78, 5) is 12.0. The van der Waals surface area contributed by atoms with E-state index in [9.17, 15) is 4.79 Å². The normalized spacial score (nSPS) is 10.8. The molecule has 1 heterocycles. The van der Waals surface area contributed by atoms with E-state index < -0.39 is 5.97 Å². The fourth-order valence-corrected chi connectivity index (χ4v) is 2.61. The Kier molecular flexibility index (Phi) is 5.73. The highest BCUT2D eigenvalue weighted by atomic mass is 35.5. The summed E-state index contributed by atoms with van der Waals surface area (Å²) in [7, 11) is 3.01. The SMILES string of the molecule is COc1cc(/C=C/C(=O)Oc2ccc(-c3nnco3)cc2)cc(Cl)c1OC. The summed E-state index contributed by atoms with van der Waals surface area (Å²) in [5.41, 5.74) is 1.39. The van der Waals surface area contributed by atoms with E-state index in [1.54, 1.807) is 42.5 Å². The van der Waals surface area contributed by atoms with Crippen molar-refractivity contribution >= 4 is 23.6 Å². The molecule has 7 nitrogen and oxygen atoms in total. The fraction of sp³-hybridized carbons (Fsp3) is 0.105. The van der Waals surface area contributed by atoms with Crippen molar-refractivity contribution in [2.45, 2.75) is 0 Å². The summed E-state index contributed by atoms with van der Waals surface area (Å²) in [5.74, 6) is 1.14. The van der Waals surface area contributed by atoms with E-state index in [4.69, 9.17) is 30.2 Å². The predicted molar refractivity (Wildman–Crippen MR) is 99.0 cm³/mol. The standard InChI is InChI=1S/C19H15ClN2O5/c1-24-16-10-12(9-15(20)18(16)25-2)3-8-17(23)27-14-6-4-13(5-7-14)19-22-21-11-26-19/h3-11H,1-2H3/b8-3+. The number of carbonyl (C=O) groups is 1. The molecule has 1 aromatic heterocycles. The van der Waals surface area contributed by atoms with Crippen LogP contribution in [-0.2, 0) is 4.79 Å². The minimum Gasteiger partial charge on any atom is -0.493 e. The molecule has 0 N–H and O–H groups in total. The molecule has 0 atom stereocenters. The third kappa shape index (κ3) is 4.45. The number of hydrogen-bond donors (Lipinski definition) is 0. The van der Waals surface area contributed by atoms with Gasteiger partial charge in [0.2, 0.25) is 12.3 Å². The number of esters is 1. The molecule has 0 amide bonds. The summed E-state index contributed by atoms with van der Waals surface area (Å²) in [6, 6.07) is 10.1. The molecule has 0 saturated carbocycles. The second-order valence-electron chi connectivity index (χ2n) is 5.26. The summed E-state index contributed by atoms with van der Waals surface area (Å²) >= 11 is 6.14. The monoisotopic (exact) mass is 386 g/mol. The third-order valence-corrected chi connectivity index (χ3v) is 3.83. The van der Waals surface area contributed by atoms with Crippen molar-refractivity contribution in [3.05, 3.63) is 59.5 Å². The lowest BCUT2D eigenvalue weighted by Gasteiger charge is -2.10. The van der Waals surface area contributed by atoms with Crippen molar-refractivity contribution in [1.82, 2.24) is 10.2 Å². The molecule has 0 spiro atoms. The first-order valence-electron chi connectivity index (χ1n) is 7.78. The van der Waals surface area contributed by atoms with Crippen molar-refractivity contribution < 1.29 is 23.4 Å². The van der Waals surface area contributed by atoms with Crippen molar-refractivity contribution in [2.24, 2.45) is 0 Å². The largest absolute Gasteiger partial charge is 0.493 e. The molecule has 0 radical (unpaired) electrons. The number of halogens is 1. The minimum atomic E-state index is -0.536. The van der Waals surface area contributed by atoms with Gasteiger partial charge in [0.05, 0.1) is 19.2 Å². The van der Waals surface area contributed by atoms with E-state index in [1.165, 1.54) is 26.7 Å². The molecule has 3 aromatic rings. The van der Waals surface area contributed by atoms with Crippen molar-refractivity contribution in [3.8, 4) is 28.7 Å². The van der Waals surface area contributed by atoms with Crippen molar-refractivity contribution in [3.63, 3.8) is 0 Å². The number of rotatable bonds is 6. The Morgan fingerprint density at radius 2 is 1.93 bits per heavy atom. The first kappa shape index (κ1) is 18.5. The van der Waals surface area contributed by atoms with Gasteiger partial charge in [0.15, 0.2) is 11.5 Å². The number of benzene rings is 2. The highest BCUT2D eigenvalue weighted by Gasteiger charge is 2.10. The number of ether oxygens (including phenoxy) is 3. The van der Waals surface area contributed by atoms with Gasteiger partial charge in [-0.15, -0.1) is 10.2 Å². The van der Waals surface area contributed by atoms with Gasteiger partial charge in [0.1, 0.15) is 5.75 Å². The number of hydrogen-bond acceptors (Lipinski definition) is 7. The van der Waals surface area contributed by atoms with Crippen molar-refractivity contribution in [2.75, 3.05) is 14.2 Å². The number of carbonyl (C=O) groups excluding carboxylic acids is 1. The maximum Gasteiger partial charge on any atom is 0.336 e. The molecule has 138 valence electrons. The highest BCUT2D eigenvalue weighted by Crippen LogP contribution is 2.36. The number of aromatic nitrogens is 2. The molecule has 0 aliphatic heterocycles. The van der Waals surface area contributed by atoms with Gasteiger partial charge in [0.25, 0.3) is 0 Å². The Morgan fingerprint density at radius 1 is 1.15 bits per heavy atom. The van der Waals surface area contributed by atoms with Crippen LogP contribution in [0.1, 0.15) is 5.56 Å². The molecule has 8 heteroatoms. The molecule has 0 saturated heterocycles. The van der Waals surface area contributed by atoms with Gasteiger partial charge in [-0.3, -0.25) is 0 Å². The van der Waals surface area contributed by atoms with Crippen LogP contribution in [0.15, 0.2) is 53.3 Å². The van der Waals surface area contributed by atoms with Gasteiger partial charge < -0.3 is 18.6 Å². The zero-order chi connectivity index (χ0) is 19.2. The topological polar surface area (TPSA) is 83.7 Å². The Balaban J connectivity index is 1.68. The smallest absolute Gasteiger partial charge is 0.336 e. The molecule has 0 aliphatic rings. The minimum absolute atomic E-state index is 0.376. The van der Waals surface area contributed by atoms with Gasteiger partial charge in [0, 0.05) is 11.6 Å². The maximum atomic E-state index is 12.0. The average Bonchev–Trinajstić information content (AvgIpc) is 3.21. The molecule has 2 aromatic carbocycles. The Morgan fingerprint density at radius 3 is 2.56 bits per heavy atom. The first-order chi connectivity index (χ1) is 13.1. The van der Waals surface area contributed by atoms with E-state index >= 15 is 0 Å². The van der Waals surface area contributed by atoms with Crippen molar-refractivity contribution in [1.29, 1.82) is 0 Å². The molecular formula is C19H15ClN2O5. The molecule has 3 rings (SSSR count). The molecule has 0 fully saturated rings. The van der Waals surface area contributed by atoms with Gasteiger partial charge in [-0.2, -0.15) is 0 Å². The van der Waals surface area contributed by atoms with Gasteiger partial charge >= 0.3 is 5.97 Å². The Bertz CT molecular complexity index is 953. The average molecular weight is 387 g/mol. The van der Waals surface area contributed by atoms with Crippen LogP contribution in [0.2, 0.25) is 5.02 Å². The summed E-state index contributed by atoms with van der Waals surface area (Å²) in [5, 5.41) is 7.80. The molecule has 27 heavy (non-hydrogen) atoms. The molecular weight excluding hydrogens is 372 g/mol. The second kappa shape index (κ2) is 8.37.